The van der Waals surface area contributed by atoms with Crippen molar-refractivity contribution < 1.29 is 4.79 Å². The van der Waals surface area contributed by atoms with Crippen LogP contribution in [0.4, 0.5) is 5.69 Å². The van der Waals surface area contributed by atoms with Crippen molar-refractivity contribution >= 4 is 27.5 Å². The van der Waals surface area contributed by atoms with Gasteiger partial charge in [0.05, 0.1) is 0 Å². The van der Waals surface area contributed by atoms with Crippen LogP contribution in [-0.4, -0.2) is 42.0 Å². The average Bonchev–Trinajstić information content (AvgIpc) is 2.55. The molecule has 3 rings (SSSR count). The van der Waals surface area contributed by atoms with E-state index in [1.807, 2.05) is 11.0 Å². The Kier molecular flexibility index (Phi) is 4.66. The number of anilines is 1. The first-order valence-electron chi connectivity index (χ1n) is 7.77. The molecule has 0 radical (unpaired) electrons. The van der Waals surface area contributed by atoms with E-state index in [2.05, 4.69) is 57.9 Å². The number of carbonyl (C=O) groups is 1. The van der Waals surface area contributed by atoms with Crippen LogP contribution in [0.2, 0.25) is 0 Å². The van der Waals surface area contributed by atoms with Crippen LogP contribution in [0.5, 0.6) is 0 Å². The second kappa shape index (κ2) is 6.71. The number of pyridine rings is 1. The van der Waals surface area contributed by atoms with Crippen molar-refractivity contribution in [2.24, 2.45) is 0 Å². The summed E-state index contributed by atoms with van der Waals surface area (Å²) in [5, 5.41) is 0. The highest BCUT2D eigenvalue weighted by atomic mass is 79.9. The van der Waals surface area contributed by atoms with E-state index in [0.717, 1.165) is 30.7 Å². The number of aryl methyl sites for hydroxylation is 2. The molecule has 0 bridgehead atoms. The third-order valence-corrected chi connectivity index (χ3v) is 4.68. The largest absolute Gasteiger partial charge is 0.368 e. The van der Waals surface area contributed by atoms with E-state index in [1.54, 1.807) is 12.3 Å². The standard InChI is InChI=1S/C18H20BrN3O/c1-13-3-6-17(14(2)11-13)21-7-9-22(10-8-21)18(23)16-5-4-15(19)12-20-16/h3-6,11-12H,7-10H2,1-2H3. The van der Waals surface area contributed by atoms with Crippen molar-refractivity contribution in [1.82, 2.24) is 9.88 Å². The van der Waals surface area contributed by atoms with Crippen molar-refractivity contribution in [3.05, 3.63) is 57.8 Å². The molecule has 1 aromatic heterocycles. The lowest BCUT2D eigenvalue weighted by atomic mass is 10.1. The van der Waals surface area contributed by atoms with Crippen LogP contribution >= 0.6 is 15.9 Å². The lowest BCUT2D eigenvalue weighted by Crippen LogP contribution is -2.49. The SMILES string of the molecule is Cc1ccc(N2CCN(C(=O)c3ccc(Br)cn3)CC2)c(C)c1. The molecule has 1 aliphatic heterocycles. The van der Waals surface area contributed by atoms with E-state index in [4.69, 9.17) is 0 Å². The molecular weight excluding hydrogens is 354 g/mol. The van der Waals surface area contributed by atoms with Gasteiger partial charge in [-0.3, -0.25) is 4.79 Å². The molecule has 4 nitrogen and oxygen atoms in total. The Bertz CT molecular complexity index is 707. The fourth-order valence-electron chi connectivity index (χ4n) is 2.97. The van der Waals surface area contributed by atoms with Gasteiger partial charge in [0.1, 0.15) is 5.69 Å². The van der Waals surface area contributed by atoms with Crippen LogP contribution in [0, 0.1) is 13.8 Å². The predicted octanol–water partition coefficient (Wildman–Crippen LogP) is 3.42. The van der Waals surface area contributed by atoms with Crippen molar-refractivity contribution in [3.8, 4) is 0 Å². The molecule has 0 spiro atoms. The Morgan fingerprint density at radius 3 is 2.43 bits per heavy atom. The number of nitrogens with zero attached hydrogens (tertiary/aromatic N) is 3. The zero-order valence-electron chi connectivity index (χ0n) is 13.4. The molecule has 1 aromatic carbocycles. The number of piperazine rings is 1. The quantitative estimate of drug-likeness (QED) is 0.808. The molecule has 2 heterocycles. The lowest BCUT2D eigenvalue weighted by molar-refractivity contribution is 0.0741. The summed E-state index contributed by atoms with van der Waals surface area (Å²) in [7, 11) is 0. The van der Waals surface area contributed by atoms with Gasteiger partial charge < -0.3 is 9.80 Å². The van der Waals surface area contributed by atoms with Crippen molar-refractivity contribution in [2.45, 2.75) is 13.8 Å². The number of amides is 1. The van der Waals surface area contributed by atoms with Crippen LogP contribution in [0.3, 0.4) is 0 Å². The van der Waals surface area contributed by atoms with Gasteiger partial charge in [-0.25, -0.2) is 4.98 Å². The molecule has 0 aliphatic carbocycles. The molecule has 5 heteroatoms. The minimum Gasteiger partial charge on any atom is -0.368 e. The summed E-state index contributed by atoms with van der Waals surface area (Å²) in [5.41, 5.74) is 4.35. The summed E-state index contributed by atoms with van der Waals surface area (Å²) < 4.78 is 0.883. The Morgan fingerprint density at radius 2 is 1.83 bits per heavy atom. The highest BCUT2D eigenvalue weighted by Gasteiger charge is 2.23. The van der Waals surface area contributed by atoms with Gasteiger partial charge in [-0.15, -0.1) is 0 Å². The minimum absolute atomic E-state index is 0.0118. The molecule has 1 aliphatic rings. The van der Waals surface area contributed by atoms with Gasteiger partial charge in [-0.2, -0.15) is 0 Å². The lowest BCUT2D eigenvalue weighted by Gasteiger charge is -2.36. The van der Waals surface area contributed by atoms with E-state index in [1.165, 1.54) is 16.8 Å². The third kappa shape index (κ3) is 3.55. The maximum Gasteiger partial charge on any atom is 0.272 e. The van der Waals surface area contributed by atoms with Crippen molar-refractivity contribution in [1.29, 1.82) is 0 Å². The van der Waals surface area contributed by atoms with E-state index in [9.17, 15) is 4.79 Å². The van der Waals surface area contributed by atoms with Crippen LogP contribution in [0.1, 0.15) is 21.6 Å². The number of carbonyl (C=O) groups excluding carboxylic acids is 1. The van der Waals surface area contributed by atoms with Gasteiger partial charge in [0.2, 0.25) is 0 Å². The van der Waals surface area contributed by atoms with Crippen molar-refractivity contribution in [2.75, 3.05) is 31.1 Å². The Labute approximate surface area is 145 Å². The molecular formula is C18H20BrN3O. The van der Waals surface area contributed by atoms with Gasteiger partial charge >= 0.3 is 0 Å². The highest BCUT2D eigenvalue weighted by molar-refractivity contribution is 9.10. The number of halogens is 1. The second-order valence-corrected chi connectivity index (χ2v) is 6.85. The van der Waals surface area contributed by atoms with E-state index >= 15 is 0 Å². The number of benzene rings is 1. The molecule has 23 heavy (non-hydrogen) atoms. The topological polar surface area (TPSA) is 36.4 Å². The minimum atomic E-state index is 0.0118. The van der Waals surface area contributed by atoms with E-state index in [-0.39, 0.29) is 5.91 Å². The van der Waals surface area contributed by atoms with Crippen LogP contribution < -0.4 is 4.90 Å². The molecule has 1 saturated heterocycles. The fraction of sp³-hybridized carbons (Fsp3) is 0.333. The molecule has 0 saturated carbocycles. The maximum absolute atomic E-state index is 12.5. The van der Waals surface area contributed by atoms with E-state index in [0.29, 0.717) is 5.69 Å². The van der Waals surface area contributed by atoms with Gasteiger partial charge in [0, 0.05) is 42.5 Å². The summed E-state index contributed by atoms with van der Waals surface area (Å²) >= 11 is 3.34. The van der Waals surface area contributed by atoms with Gasteiger partial charge in [-0.1, -0.05) is 17.7 Å². The zero-order valence-corrected chi connectivity index (χ0v) is 15.0. The van der Waals surface area contributed by atoms with Crippen LogP contribution in [-0.2, 0) is 0 Å². The van der Waals surface area contributed by atoms with Gasteiger partial charge in [0.25, 0.3) is 5.91 Å². The summed E-state index contributed by atoms with van der Waals surface area (Å²) in [6.45, 7) is 7.41. The monoisotopic (exact) mass is 373 g/mol. The summed E-state index contributed by atoms with van der Waals surface area (Å²) in [6.07, 6.45) is 1.67. The Hall–Kier alpha value is -1.88. The summed E-state index contributed by atoms with van der Waals surface area (Å²) in [6, 6.07) is 10.2. The second-order valence-electron chi connectivity index (χ2n) is 5.93. The molecule has 120 valence electrons. The Balaban J connectivity index is 1.66. The molecule has 1 amide bonds. The third-order valence-electron chi connectivity index (χ3n) is 4.21. The smallest absolute Gasteiger partial charge is 0.272 e. The van der Waals surface area contributed by atoms with Crippen molar-refractivity contribution in [3.63, 3.8) is 0 Å². The number of aromatic nitrogens is 1. The molecule has 0 N–H and O–H groups in total. The molecule has 0 unspecified atom stereocenters. The normalized spacial score (nSPS) is 14.9. The first-order chi connectivity index (χ1) is 11.0. The average molecular weight is 374 g/mol. The molecule has 1 fully saturated rings. The first-order valence-corrected chi connectivity index (χ1v) is 8.57. The molecule has 2 aromatic rings. The predicted molar refractivity (Wildman–Crippen MR) is 96.0 cm³/mol. The van der Waals surface area contributed by atoms with Crippen LogP contribution in [0.25, 0.3) is 0 Å². The highest BCUT2D eigenvalue weighted by Crippen LogP contribution is 2.22. The number of hydrogen-bond acceptors (Lipinski definition) is 3. The maximum atomic E-state index is 12.5. The number of rotatable bonds is 2. The Morgan fingerprint density at radius 1 is 1.09 bits per heavy atom. The van der Waals surface area contributed by atoms with Gasteiger partial charge in [-0.05, 0) is 53.5 Å². The fourth-order valence-corrected chi connectivity index (χ4v) is 3.21. The summed E-state index contributed by atoms with van der Waals surface area (Å²) in [4.78, 5) is 20.9. The number of hydrogen-bond donors (Lipinski definition) is 0. The van der Waals surface area contributed by atoms with Crippen LogP contribution in [0.15, 0.2) is 41.0 Å². The summed E-state index contributed by atoms with van der Waals surface area (Å²) in [5.74, 6) is 0.0118. The first kappa shape index (κ1) is 16.0. The van der Waals surface area contributed by atoms with E-state index < -0.39 is 0 Å². The zero-order chi connectivity index (χ0) is 16.4. The molecule has 0 atom stereocenters. The van der Waals surface area contributed by atoms with Gasteiger partial charge in [0.15, 0.2) is 0 Å².